The van der Waals surface area contributed by atoms with E-state index in [1.807, 2.05) is 13.8 Å². The number of rotatable bonds is 0. The van der Waals surface area contributed by atoms with Gasteiger partial charge < -0.3 is 5.11 Å². The molecule has 11 heavy (non-hydrogen) atoms. The summed E-state index contributed by atoms with van der Waals surface area (Å²) >= 11 is 5.56. The zero-order valence-corrected chi connectivity index (χ0v) is 7.68. The molecule has 0 radical (unpaired) electrons. The van der Waals surface area contributed by atoms with E-state index in [9.17, 15) is 0 Å². The Morgan fingerprint density at radius 2 is 2.00 bits per heavy atom. The van der Waals surface area contributed by atoms with Gasteiger partial charge in [0.1, 0.15) is 10.9 Å². The van der Waals surface area contributed by atoms with Gasteiger partial charge in [0.25, 0.3) is 0 Å². The Morgan fingerprint density at radius 1 is 1.45 bits per heavy atom. The molecule has 0 saturated carbocycles. The third-order valence-corrected chi connectivity index (χ3v) is 1.40. The fraction of sp³-hybridized carbons (Fsp3) is 0.375. The van der Waals surface area contributed by atoms with Crippen LogP contribution in [0.15, 0.2) is 12.3 Å². The minimum atomic E-state index is 0.150. The number of halogens is 1. The van der Waals surface area contributed by atoms with Gasteiger partial charge in [0.05, 0.1) is 6.20 Å². The van der Waals surface area contributed by atoms with Gasteiger partial charge in [-0.05, 0) is 18.6 Å². The van der Waals surface area contributed by atoms with Gasteiger partial charge in [0, 0.05) is 0 Å². The van der Waals surface area contributed by atoms with Crippen molar-refractivity contribution in [1.29, 1.82) is 0 Å². The van der Waals surface area contributed by atoms with Gasteiger partial charge in [-0.1, -0.05) is 25.4 Å². The molecule has 1 heterocycles. The summed E-state index contributed by atoms with van der Waals surface area (Å²) in [6, 6.07) is 1.56. The second-order valence-electron chi connectivity index (χ2n) is 1.80. The minimum absolute atomic E-state index is 0.150. The van der Waals surface area contributed by atoms with Crippen molar-refractivity contribution in [2.24, 2.45) is 0 Å². The van der Waals surface area contributed by atoms with Crippen LogP contribution in [0.25, 0.3) is 0 Å². The Balaban J connectivity index is 0.000000461. The lowest BCUT2D eigenvalue weighted by Crippen LogP contribution is -1.78. The zero-order chi connectivity index (χ0) is 8.85. The maximum Gasteiger partial charge on any atom is 0.134 e. The fourth-order valence-electron chi connectivity index (χ4n) is 0.543. The lowest BCUT2D eigenvalue weighted by molar-refractivity contribution is 0.472. The van der Waals surface area contributed by atoms with Gasteiger partial charge in [-0.15, -0.1) is 0 Å². The zero-order valence-electron chi connectivity index (χ0n) is 6.93. The van der Waals surface area contributed by atoms with E-state index in [-0.39, 0.29) is 5.75 Å². The third kappa shape index (κ3) is 3.23. The molecule has 1 rings (SSSR count). The largest absolute Gasteiger partial charge is 0.506 e. The molecule has 0 saturated heterocycles. The van der Waals surface area contributed by atoms with Crippen LogP contribution in [0.5, 0.6) is 5.75 Å². The Hall–Kier alpha value is -0.760. The summed E-state index contributed by atoms with van der Waals surface area (Å²) in [6.45, 7) is 5.79. The minimum Gasteiger partial charge on any atom is -0.506 e. The van der Waals surface area contributed by atoms with E-state index in [4.69, 9.17) is 16.7 Å². The van der Waals surface area contributed by atoms with Crippen molar-refractivity contribution >= 4 is 11.6 Å². The summed E-state index contributed by atoms with van der Waals surface area (Å²) in [5, 5.41) is 9.25. The topological polar surface area (TPSA) is 33.1 Å². The standard InChI is InChI=1S/C6H6ClNO.C2H6/c1-4-2-5(9)3-8-6(4)7;1-2/h2-3,9H,1H3;1-2H3. The molecule has 0 aliphatic carbocycles. The van der Waals surface area contributed by atoms with E-state index < -0.39 is 0 Å². The molecule has 0 aliphatic heterocycles. The number of hydrogen-bond donors (Lipinski definition) is 1. The first-order valence-corrected chi connectivity index (χ1v) is 3.89. The van der Waals surface area contributed by atoms with Crippen LogP contribution in [0, 0.1) is 6.92 Å². The van der Waals surface area contributed by atoms with E-state index >= 15 is 0 Å². The molecule has 62 valence electrons. The van der Waals surface area contributed by atoms with Crippen LogP contribution < -0.4 is 0 Å². The van der Waals surface area contributed by atoms with Crippen LogP contribution in [0.3, 0.4) is 0 Å². The van der Waals surface area contributed by atoms with Crippen molar-refractivity contribution in [3.8, 4) is 5.75 Å². The Morgan fingerprint density at radius 3 is 2.36 bits per heavy atom. The average Bonchev–Trinajstić information content (AvgIpc) is 2.02. The van der Waals surface area contributed by atoms with Gasteiger partial charge in [-0.25, -0.2) is 4.98 Å². The first kappa shape index (κ1) is 10.2. The van der Waals surface area contributed by atoms with Crippen molar-refractivity contribution in [2.75, 3.05) is 0 Å². The predicted octanol–water partition coefficient (Wildman–Crippen LogP) is 2.78. The van der Waals surface area contributed by atoms with Crippen LogP contribution in [-0.2, 0) is 0 Å². The Labute approximate surface area is 71.8 Å². The second-order valence-corrected chi connectivity index (χ2v) is 2.16. The van der Waals surface area contributed by atoms with Crippen molar-refractivity contribution in [3.63, 3.8) is 0 Å². The van der Waals surface area contributed by atoms with E-state index in [0.717, 1.165) is 5.56 Å². The van der Waals surface area contributed by atoms with Crippen molar-refractivity contribution < 1.29 is 5.11 Å². The molecule has 1 N–H and O–H groups in total. The van der Waals surface area contributed by atoms with Gasteiger partial charge in [0.2, 0.25) is 0 Å². The molecule has 0 atom stereocenters. The predicted molar refractivity (Wildman–Crippen MR) is 47.0 cm³/mol. The Bertz CT molecular complexity index is 225. The quantitative estimate of drug-likeness (QED) is 0.612. The molecule has 0 aromatic carbocycles. The molecule has 1 aromatic rings. The van der Waals surface area contributed by atoms with E-state index in [1.165, 1.54) is 6.20 Å². The number of aromatic hydroxyl groups is 1. The molecule has 0 bridgehead atoms. The number of aryl methyl sites for hydroxylation is 1. The van der Waals surface area contributed by atoms with E-state index in [0.29, 0.717) is 5.15 Å². The molecule has 0 amide bonds. The van der Waals surface area contributed by atoms with Crippen LogP contribution in [0.1, 0.15) is 19.4 Å². The van der Waals surface area contributed by atoms with Crippen LogP contribution in [0.2, 0.25) is 5.15 Å². The van der Waals surface area contributed by atoms with Crippen LogP contribution >= 0.6 is 11.6 Å². The average molecular weight is 174 g/mol. The molecule has 1 aromatic heterocycles. The van der Waals surface area contributed by atoms with Gasteiger partial charge in [-0.2, -0.15) is 0 Å². The highest BCUT2D eigenvalue weighted by atomic mass is 35.5. The summed E-state index contributed by atoms with van der Waals surface area (Å²) in [6.07, 6.45) is 1.31. The molecule has 0 unspecified atom stereocenters. The molecule has 0 aliphatic rings. The monoisotopic (exact) mass is 173 g/mol. The molecule has 0 spiro atoms. The van der Waals surface area contributed by atoms with Crippen molar-refractivity contribution in [3.05, 3.63) is 23.0 Å². The number of nitrogens with zero attached hydrogens (tertiary/aromatic N) is 1. The number of aromatic nitrogens is 1. The number of pyridine rings is 1. The van der Waals surface area contributed by atoms with Gasteiger partial charge in [-0.3, -0.25) is 0 Å². The fourth-order valence-corrected chi connectivity index (χ4v) is 0.647. The summed E-state index contributed by atoms with van der Waals surface area (Å²) in [4.78, 5) is 3.69. The first-order valence-electron chi connectivity index (χ1n) is 3.51. The summed E-state index contributed by atoms with van der Waals surface area (Å²) in [5.74, 6) is 0.150. The lowest BCUT2D eigenvalue weighted by Gasteiger charge is -1.94. The van der Waals surface area contributed by atoms with Crippen LogP contribution in [0.4, 0.5) is 0 Å². The number of hydrogen-bond acceptors (Lipinski definition) is 2. The molecular formula is C8H12ClNO. The second kappa shape index (κ2) is 4.97. The van der Waals surface area contributed by atoms with Gasteiger partial charge in [0.15, 0.2) is 0 Å². The summed E-state index contributed by atoms with van der Waals surface area (Å²) in [7, 11) is 0. The highest BCUT2D eigenvalue weighted by Crippen LogP contribution is 2.15. The van der Waals surface area contributed by atoms with Crippen molar-refractivity contribution in [1.82, 2.24) is 4.98 Å². The van der Waals surface area contributed by atoms with Crippen molar-refractivity contribution in [2.45, 2.75) is 20.8 Å². The molecule has 2 nitrogen and oxygen atoms in total. The third-order valence-electron chi connectivity index (χ3n) is 1.000. The normalized spacial score (nSPS) is 8.36. The van der Waals surface area contributed by atoms with Gasteiger partial charge >= 0.3 is 0 Å². The highest BCUT2D eigenvalue weighted by molar-refractivity contribution is 6.30. The highest BCUT2D eigenvalue weighted by Gasteiger charge is 1.94. The SMILES string of the molecule is CC.Cc1cc(O)cnc1Cl. The molecule has 0 fully saturated rings. The maximum absolute atomic E-state index is 8.82. The summed E-state index contributed by atoms with van der Waals surface area (Å²) in [5.41, 5.74) is 0.789. The first-order chi connectivity index (χ1) is 5.20. The van der Waals surface area contributed by atoms with E-state index in [2.05, 4.69) is 4.98 Å². The summed E-state index contributed by atoms with van der Waals surface area (Å²) < 4.78 is 0. The maximum atomic E-state index is 8.82. The lowest BCUT2D eigenvalue weighted by atomic mass is 10.3. The van der Waals surface area contributed by atoms with E-state index in [1.54, 1.807) is 13.0 Å². The van der Waals surface area contributed by atoms with Crippen LogP contribution in [-0.4, -0.2) is 10.1 Å². The Kier molecular flexibility index (Phi) is 4.62. The molecule has 3 heteroatoms. The smallest absolute Gasteiger partial charge is 0.134 e. The molecular weight excluding hydrogens is 162 g/mol.